The van der Waals surface area contributed by atoms with E-state index in [0.717, 1.165) is 12.8 Å². The van der Waals surface area contributed by atoms with Crippen LogP contribution in [0.1, 0.15) is 39.0 Å². The lowest BCUT2D eigenvalue weighted by molar-refractivity contribution is -0.175. The normalized spacial score (nSPS) is 31.6. The molecule has 1 saturated heterocycles. The van der Waals surface area contributed by atoms with Gasteiger partial charge in [-0.1, -0.05) is 32.6 Å². The Labute approximate surface area is 120 Å². The number of ether oxygens (including phenoxy) is 3. The molecule has 0 aromatic carbocycles. The number of unbranched alkanes of at least 4 members (excludes halogenated alkanes) is 4. The Hall–Kier alpha value is -0.240. The SMILES string of the molecule is CCCCCCCO[C@H]1[C@@H](OC)O[C@H]([C@@H](O)CO)[C@@H]1O. The van der Waals surface area contributed by atoms with Crippen LogP contribution in [0.2, 0.25) is 0 Å². The van der Waals surface area contributed by atoms with Crippen molar-refractivity contribution in [2.45, 2.75) is 69.7 Å². The second kappa shape index (κ2) is 9.65. The highest BCUT2D eigenvalue weighted by atomic mass is 16.7. The van der Waals surface area contributed by atoms with Gasteiger partial charge in [0.15, 0.2) is 6.29 Å². The molecule has 120 valence electrons. The van der Waals surface area contributed by atoms with Crippen LogP contribution in [-0.4, -0.2) is 66.3 Å². The third-order valence-corrected chi connectivity index (χ3v) is 3.59. The molecule has 0 spiro atoms. The summed E-state index contributed by atoms with van der Waals surface area (Å²) in [5.41, 5.74) is 0. The first-order valence-corrected chi connectivity index (χ1v) is 7.42. The monoisotopic (exact) mass is 292 g/mol. The van der Waals surface area contributed by atoms with Crippen LogP contribution < -0.4 is 0 Å². The van der Waals surface area contributed by atoms with Crippen molar-refractivity contribution < 1.29 is 29.5 Å². The van der Waals surface area contributed by atoms with Crippen LogP contribution in [0, 0.1) is 0 Å². The smallest absolute Gasteiger partial charge is 0.186 e. The summed E-state index contributed by atoms with van der Waals surface area (Å²) in [5.74, 6) is 0. The minimum atomic E-state index is -1.14. The molecule has 0 unspecified atom stereocenters. The van der Waals surface area contributed by atoms with E-state index in [0.29, 0.717) is 6.61 Å². The molecular formula is C14H28O6. The molecule has 6 nitrogen and oxygen atoms in total. The maximum Gasteiger partial charge on any atom is 0.186 e. The van der Waals surface area contributed by atoms with Crippen molar-refractivity contribution in [3.63, 3.8) is 0 Å². The van der Waals surface area contributed by atoms with Crippen molar-refractivity contribution in [3.8, 4) is 0 Å². The molecule has 20 heavy (non-hydrogen) atoms. The van der Waals surface area contributed by atoms with Crippen LogP contribution in [0.3, 0.4) is 0 Å². The molecule has 6 heteroatoms. The van der Waals surface area contributed by atoms with E-state index in [2.05, 4.69) is 6.92 Å². The van der Waals surface area contributed by atoms with Gasteiger partial charge in [0.25, 0.3) is 0 Å². The average molecular weight is 292 g/mol. The molecule has 0 aromatic heterocycles. The third kappa shape index (κ3) is 4.95. The molecule has 0 bridgehead atoms. The molecule has 1 heterocycles. The first kappa shape index (κ1) is 17.8. The molecular weight excluding hydrogens is 264 g/mol. The minimum Gasteiger partial charge on any atom is -0.394 e. The van der Waals surface area contributed by atoms with Crippen LogP contribution in [-0.2, 0) is 14.2 Å². The Morgan fingerprint density at radius 1 is 1.20 bits per heavy atom. The number of methoxy groups -OCH3 is 1. The highest BCUT2D eigenvalue weighted by Crippen LogP contribution is 2.27. The van der Waals surface area contributed by atoms with Gasteiger partial charge in [-0.25, -0.2) is 0 Å². The number of aliphatic hydroxyl groups excluding tert-OH is 3. The van der Waals surface area contributed by atoms with E-state index in [4.69, 9.17) is 19.3 Å². The second-order valence-corrected chi connectivity index (χ2v) is 5.19. The lowest BCUT2D eigenvalue weighted by Crippen LogP contribution is -2.41. The largest absolute Gasteiger partial charge is 0.394 e. The summed E-state index contributed by atoms with van der Waals surface area (Å²) in [5, 5.41) is 28.6. The van der Waals surface area contributed by atoms with Gasteiger partial charge < -0.3 is 29.5 Å². The highest BCUT2D eigenvalue weighted by Gasteiger charge is 2.47. The van der Waals surface area contributed by atoms with Crippen LogP contribution in [0.25, 0.3) is 0 Å². The lowest BCUT2D eigenvalue weighted by Gasteiger charge is -2.20. The molecule has 3 N–H and O–H groups in total. The summed E-state index contributed by atoms with van der Waals surface area (Å²) in [7, 11) is 1.46. The maximum atomic E-state index is 10.1. The van der Waals surface area contributed by atoms with Crippen molar-refractivity contribution >= 4 is 0 Å². The Morgan fingerprint density at radius 2 is 1.90 bits per heavy atom. The Balaban J connectivity index is 2.34. The van der Waals surface area contributed by atoms with E-state index in [9.17, 15) is 10.2 Å². The van der Waals surface area contributed by atoms with Gasteiger partial charge in [0.05, 0.1) is 6.61 Å². The van der Waals surface area contributed by atoms with Gasteiger partial charge in [-0.05, 0) is 6.42 Å². The summed E-state index contributed by atoms with van der Waals surface area (Å²) in [4.78, 5) is 0. The molecule has 0 aliphatic carbocycles. The number of hydrogen-bond donors (Lipinski definition) is 3. The van der Waals surface area contributed by atoms with Crippen LogP contribution >= 0.6 is 0 Å². The molecule has 0 aromatic rings. The van der Waals surface area contributed by atoms with E-state index in [1.807, 2.05) is 0 Å². The minimum absolute atomic E-state index is 0.470. The summed E-state index contributed by atoms with van der Waals surface area (Å²) in [6.07, 6.45) is 1.26. The van der Waals surface area contributed by atoms with Crippen molar-refractivity contribution in [3.05, 3.63) is 0 Å². The molecule has 1 aliphatic rings. The standard InChI is InChI=1S/C14H28O6/c1-3-4-5-6-7-8-19-13-11(17)12(10(16)9-15)20-14(13)18-2/h10-17H,3-9H2,1-2H3/t10-,11-,12+,13+,14-/m0/s1. The van der Waals surface area contributed by atoms with E-state index in [1.54, 1.807) is 0 Å². The zero-order chi connectivity index (χ0) is 15.0. The van der Waals surface area contributed by atoms with E-state index in [1.165, 1.54) is 26.4 Å². The van der Waals surface area contributed by atoms with Gasteiger partial charge in [-0.2, -0.15) is 0 Å². The van der Waals surface area contributed by atoms with Crippen molar-refractivity contribution in [2.75, 3.05) is 20.3 Å². The summed E-state index contributed by atoms with van der Waals surface area (Å²) in [6, 6.07) is 0. The van der Waals surface area contributed by atoms with Crippen molar-refractivity contribution in [2.24, 2.45) is 0 Å². The topological polar surface area (TPSA) is 88.4 Å². The van der Waals surface area contributed by atoms with Gasteiger partial charge in [0.1, 0.15) is 24.4 Å². The Bertz CT molecular complexity index is 250. The summed E-state index contributed by atoms with van der Waals surface area (Å²) >= 11 is 0. The summed E-state index contributed by atoms with van der Waals surface area (Å²) in [6.45, 7) is 2.22. The van der Waals surface area contributed by atoms with E-state index < -0.39 is 37.3 Å². The molecule has 0 saturated carbocycles. The Kier molecular flexibility index (Phi) is 8.60. The molecule has 1 rings (SSSR count). The fraction of sp³-hybridized carbons (Fsp3) is 1.00. The van der Waals surface area contributed by atoms with Crippen LogP contribution in [0.4, 0.5) is 0 Å². The molecule has 0 amide bonds. The quantitative estimate of drug-likeness (QED) is 0.506. The van der Waals surface area contributed by atoms with Crippen LogP contribution in [0.5, 0.6) is 0 Å². The van der Waals surface area contributed by atoms with Gasteiger partial charge in [-0.15, -0.1) is 0 Å². The van der Waals surface area contributed by atoms with Crippen molar-refractivity contribution in [1.82, 2.24) is 0 Å². The third-order valence-electron chi connectivity index (χ3n) is 3.59. The molecule has 0 radical (unpaired) electrons. The zero-order valence-electron chi connectivity index (χ0n) is 12.4. The second-order valence-electron chi connectivity index (χ2n) is 5.19. The van der Waals surface area contributed by atoms with E-state index >= 15 is 0 Å². The predicted octanol–water partition coefficient (Wildman–Crippen LogP) is 0.427. The first-order chi connectivity index (χ1) is 9.65. The average Bonchev–Trinajstić information content (AvgIpc) is 2.78. The van der Waals surface area contributed by atoms with Gasteiger partial charge in [0.2, 0.25) is 0 Å². The number of hydrogen-bond acceptors (Lipinski definition) is 6. The van der Waals surface area contributed by atoms with Crippen molar-refractivity contribution in [1.29, 1.82) is 0 Å². The zero-order valence-corrected chi connectivity index (χ0v) is 12.4. The van der Waals surface area contributed by atoms with Gasteiger partial charge >= 0.3 is 0 Å². The van der Waals surface area contributed by atoms with Gasteiger partial charge in [-0.3, -0.25) is 0 Å². The molecule has 1 aliphatic heterocycles. The fourth-order valence-electron chi connectivity index (χ4n) is 2.37. The maximum absolute atomic E-state index is 10.1. The summed E-state index contributed by atoms with van der Waals surface area (Å²) < 4.78 is 16.1. The first-order valence-electron chi connectivity index (χ1n) is 7.42. The number of aliphatic hydroxyl groups is 3. The Morgan fingerprint density at radius 3 is 2.50 bits per heavy atom. The predicted molar refractivity (Wildman–Crippen MR) is 73.3 cm³/mol. The van der Waals surface area contributed by atoms with E-state index in [-0.39, 0.29) is 0 Å². The van der Waals surface area contributed by atoms with Gasteiger partial charge in [0, 0.05) is 13.7 Å². The lowest BCUT2D eigenvalue weighted by atomic mass is 10.1. The highest BCUT2D eigenvalue weighted by molar-refractivity contribution is 4.91. The fourth-order valence-corrected chi connectivity index (χ4v) is 2.37. The molecule has 5 atom stereocenters. The number of rotatable bonds is 10. The van der Waals surface area contributed by atoms with Crippen LogP contribution in [0.15, 0.2) is 0 Å². The molecule has 1 fully saturated rings.